The normalized spacial score (nSPS) is 24.4. The molecule has 1 atom stereocenters. The molecule has 0 N–H and O–H groups in total. The number of carbonyl (C=O) groups is 1. The van der Waals surface area contributed by atoms with E-state index in [9.17, 15) is 4.79 Å². The van der Waals surface area contributed by atoms with E-state index in [1.165, 1.54) is 29.7 Å². The fourth-order valence-corrected chi connectivity index (χ4v) is 5.86. The van der Waals surface area contributed by atoms with Gasteiger partial charge in [-0.05, 0) is 42.2 Å². The van der Waals surface area contributed by atoms with Gasteiger partial charge in [-0.1, -0.05) is 58.7 Å². The summed E-state index contributed by atoms with van der Waals surface area (Å²) in [7, 11) is 0. The minimum Gasteiger partial charge on any atom is -0.462 e. The molecule has 0 aromatic heterocycles. The second kappa shape index (κ2) is 8.90. The summed E-state index contributed by atoms with van der Waals surface area (Å²) in [6.07, 6.45) is 6.59. The van der Waals surface area contributed by atoms with Crippen LogP contribution in [0, 0.1) is 5.41 Å². The highest BCUT2D eigenvalue weighted by Gasteiger charge is 2.50. The zero-order chi connectivity index (χ0) is 21.3. The molecule has 0 amide bonds. The van der Waals surface area contributed by atoms with Crippen LogP contribution in [0.5, 0.6) is 0 Å². The van der Waals surface area contributed by atoms with Gasteiger partial charge in [0.05, 0.1) is 5.41 Å². The van der Waals surface area contributed by atoms with Crippen molar-refractivity contribution in [2.24, 2.45) is 5.41 Å². The molecule has 3 fully saturated rings. The molecule has 1 aliphatic carbocycles. The first kappa shape index (κ1) is 21.7. The summed E-state index contributed by atoms with van der Waals surface area (Å²) in [6.45, 7) is 14.6. The van der Waals surface area contributed by atoms with Crippen LogP contribution in [0.25, 0.3) is 0 Å². The van der Waals surface area contributed by atoms with Gasteiger partial charge < -0.3 is 9.64 Å². The second-order valence-corrected chi connectivity index (χ2v) is 10.4. The summed E-state index contributed by atoms with van der Waals surface area (Å²) in [6, 6.07) is 6.85. The highest BCUT2D eigenvalue weighted by atomic mass is 16.6. The smallest absolute Gasteiger partial charge is 0.312 e. The van der Waals surface area contributed by atoms with Crippen molar-refractivity contribution >= 4 is 11.7 Å². The molecule has 1 aromatic carbocycles. The Hall–Kier alpha value is -1.55. The second-order valence-electron chi connectivity index (χ2n) is 10.4. The number of rotatable bonds is 6. The van der Waals surface area contributed by atoms with E-state index < -0.39 is 0 Å². The van der Waals surface area contributed by atoms with Gasteiger partial charge in [0.1, 0.15) is 6.10 Å². The minimum atomic E-state index is -0.114. The third kappa shape index (κ3) is 4.26. The maximum atomic E-state index is 12.4. The number of esters is 1. The lowest BCUT2D eigenvalue weighted by Gasteiger charge is -2.39. The van der Waals surface area contributed by atoms with Crippen LogP contribution in [0.15, 0.2) is 18.2 Å². The van der Waals surface area contributed by atoms with Crippen LogP contribution in [0.3, 0.4) is 0 Å². The van der Waals surface area contributed by atoms with Gasteiger partial charge >= 0.3 is 5.97 Å². The molecule has 3 aliphatic rings. The largest absolute Gasteiger partial charge is 0.462 e. The first-order valence-electron chi connectivity index (χ1n) is 12.2. The number of benzene rings is 1. The Morgan fingerprint density at radius 1 is 1.00 bits per heavy atom. The van der Waals surface area contributed by atoms with Gasteiger partial charge in [-0.15, -0.1) is 0 Å². The summed E-state index contributed by atoms with van der Waals surface area (Å²) in [5.74, 6) is 1.18. The number of hydrogen-bond donors (Lipinski definition) is 0. The molecular weight excluding hydrogens is 372 g/mol. The van der Waals surface area contributed by atoms with Crippen molar-refractivity contribution in [2.45, 2.75) is 84.2 Å². The van der Waals surface area contributed by atoms with Gasteiger partial charge in [0.2, 0.25) is 0 Å². The molecule has 0 unspecified atom stereocenters. The van der Waals surface area contributed by atoms with Crippen LogP contribution in [-0.4, -0.2) is 49.7 Å². The molecule has 1 aromatic rings. The van der Waals surface area contributed by atoms with Gasteiger partial charge in [-0.3, -0.25) is 9.69 Å². The van der Waals surface area contributed by atoms with Crippen LogP contribution >= 0.6 is 0 Å². The number of nitrogens with zero attached hydrogens (tertiary/aromatic N) is 2. The highest BCUT2D eigenvalue weighted by molar-refractivity contribution is 5.79. The van der Waals surface area contributed by atoms with Crippen molar-refractivity contribution < 1.29 is 9.53 Å². The predicted octanol–water partition coefficient (Wildman–Crippen LogP) is 5.32. The Balaban J connectivity index is 1.33. The number of piperazine rings is 1. The number of hydrogen-bond acceptors (Lipinski definition) is 4. The molecule has 0 radical (unpaired) electrons. The quantitative estimate of drug-likeness (QED) is 0.592. The van der Waals surface area contributed by atoms with E-state index in [-0.39, 0.29) is 17.5 Å². The monoisotopic (exact) mass is 412 g/mol. The Morgan fingerprint density at radius 2 is 1.60 bits per heavy atom. The Labute approximate surface area is 183 Å². The van der Waals surface area contributed by atoms with Crippen LogP contribution in [0.4, 0.5) is 5.69 Å². The third-order valence-corrected chi connectivity index (χ3v) is 7.68. The lowest BCUT2D eigenvalue weighted by molar-refractivity contribution is -0.148. The molecule has 2 saturated heterocycles. The zero-order valence-electron chi connectivity index (χ0n) is 19.5. The maximum absolute atomic E-state index is 12.4. The fourth-order valence-electron chi connectivity index (χ4n) is 5.86. The van der Waals surface area contributed by atoms with E-state index in [2.05, 4.69) is 55.7 Å². The van der Waals surface area contributed by atoms with E-state index in [0.29, 0.717) is 11.8 Å². The summed E-state index contributed by atoms with van der Waals surface area (Å²) in [4.78, 5) is 17.6. The first-order chi connectivity index (χ1) is 14.4. The number of cyclic esters (lactones) is 1. The number of ether oxygens (including phenoxy) is 1. The van der Waals surface area contributed by atoms with Crippen LogP contribution in [0.2, 0.25) is 0 Å². The Kier molecular flexibility index (Phi) is 6.43. The molecule has 1 saturated carbocycles. The van der Waals surface area contributed by atoms with Gasteiger partial charge in [0, 0.05) is 44.8 Å². The van der Waals surface area contributed by atoms with E-state index in [1.807, 2.05) is 0 Å². The molecule has 4 heteroatoms. The van der Waals surface area contributed by atoms with Gasteiger partial charge in [-0.2, -0.15) is 0 Å². The van der Waals surface area contributed by atoms with E-state index in [4.69, 9.17) is 4.74 Å². The number of carbonyl (C=O) groups excluding carboxylic acids is 1. The van der Waals surface area contributed by atoms with Crippen molar-refractivity contribution in [1.82, 2.24) is 4.90 Å². The number of para-hydroxylation sites is 1. The van der Waals surface area contributed by atoms with Crippen LogP contribution < -0.4 is 4.90 Å². The van der Waals surface area contributed by atoms with Crippen molar-refractivity contribution in [2.75, 3.05) is 37.6 Å². The Bertz CT molecular complexity index is 717. The van der Waals surface area contributed by atoms with Crippen molar-refractivity contribution in [3.8, 4) is 0 Å². The lowest BCUT2D eigenvalue weighted by Crippen LogP contribution is -2.47. The minimum absolute atomic E-state index is 0.0985. The Morgan fingerprint density at radius 3 is 2.17 bits per heavy atom. The summed E-state index contributed by atoms with van der Waals surface area (Å²) in [5, 5.41) is 0. The molecule has 0 bridgehead atoms. The van der Waals surface area contributed by atoms with E-state index >= 15 is 0 Å². The summed E-state index contributed by atoms with van der Waals surface area (Å²) in [5.41, 5.74) is 4.33. The van der Waals surface area contributed by atoms with Crippen molar-refractivity contribution in [3.05, 3.63) is 29.3 Å². The average molecular weight is 413 g/mol. The fraction of sp³-hybridized carbons (Fsp3) is 0.731. The summed E-state index contributed by atoms with van der Waals surface area (Å²) >= 11 is 0. The van der Waals surface area contributed by atoms with Gasteiger partial charge in [-0.25, -0.2) is 0 Å². The van der Waals surface area contributed by atoms with Crippen LogP contribution in [-0.2, 0) is 9.53 Å². The molecule has 30 heavy (non-hydrogen) atoms. The topological polar surface area (TPSA) is 32.8 Å². The maximum Gasteiger partial charge on any atom is 0.312 e. The lowest BCUT2D eigenvalue weighted by atomic mass is 9.83. The third-order valence-electron chi connectivity index (χ3n) is 7.68. The van der Waals surface area contributed by atoms with E-state index in [1.54, 1.807) is 0 Å². The number of anilines is 1. The van der Waals surface area contributed by atoms with Crippen molar-refractivity contribution in [1.29, 1.82) is 0 Å². The SMILES string of the molecule is CC(C)c1cccc(C(C)C)c1N1CCN(CC[C@@H]2CC3(CCCC3)C(=O)O2)CC1. The average Bonchev–Trinajstić information content (AvgIpc) is 3.33. The molecule has 4 rings (SSSR count). The van der Waals surface area contributed by atoms with E-state index in [0.717, 1.165) is 58.4 Å². The summed E-state index contributed by atoms with van der Waals surface area (Å²) < 4.78 is 5.79. The van der Waals surface area contributed by atoms with Crippen LogP contribution in [0.1, 0.15) is 89.2 Å². The zero-order valence-corrected chi connectivity index (χ0v) is 19.5. The molecule has 166 valence electrons. The molecular formula is C26H40N2O2. The molecule has 4 nitrogen and oxygen atoms in total. The molecule has 2 heterocycles. The molecule has 2 aliphatic heterocycles. The standard InChI is InChI=1S/C26H40N2O2/c1-19(2)22-8-7-9-23(20(3)4)24(22)28-16-14-27(15-17-28)13-10-21-18-26(25(29)30-21)11-5-6-12-26/h7-9,19-21H,5-6,10-18H2,1-4H3/t21-/m1/s1. The first-order valence-corrected chi connectivity index (χ1v) is 12.2. The van der Waals surface area contributed by atoms with Crippen molar-refractivity contribution in [3.63, 3.8) is 0 Å². The highest BCUT2D eigenvalue weighted by Crippen LogP contribution is 2.48. The molecule has 1 spiro atoms. The van der Waals surface area contributed by atoms with Gasteiger partial charge in [0.25, 0.3) is 0 Å². The predicted molar refractivity (Wildman–Crippen MR) is 123 cm³/mol. The van der Waals surface area contributed by atoms with Gasteiger partial charge in [0.15, 0.2) is 0 Å².